The summed E-state index contributed by atoms with van der Waals surface area (Å²) in [4.78, 5) is 12.0. The van der Waals surface area contributed by atoms with Gasteiger partial charge in [0.25, 0.3) is 0 Å². The smallest absolute Gasteiger partial charge is 0.310 e. The number of aryl methyl sites for hydroxylation is 1. The summed E-state index contributed by atoms with van der Waals surface area (Å²) in [6.07, 6.45) is 4.42. The van der Waals surface area contributed by atoms with Crippen LogP contribution in [0.3, 0.4) is 0 Å². The van der Waals surface area contributed by atoms with Crippen LogP contribution in [-0.4, -0.2) is 43.7 Å². The molecule has 7 heteroatoms. The monoisotopic (exact) mass is 334 g/mol. The molecule has 0 aliphatic heterocycles. The van der Waals surface area contributed by atoms with Gasteiger partial charge in [0.05, 0.1) is 40.6 Å². The molecule has 0 atom stereocenters. The normalized spacial score (nSPS) is 10.3. The highest BCUT2D eigenvalue weighted by atomic mass is 16.5. The van der Waals surface area contributed by atoms with E-state index >= 15 is 0 Å². The zero-order valence-electron chi connectivity index (χ0n) is 14.4. The van der Waals surface area contributed by atoms with Crippen molar-refractivity contribution < 1.29 is 23.7 Å². The molecule has 7 nitrogen and oxygen atoms in total. The number of rotatable bonds is 8. The van der Waals surface area contributed by atoms with E-state index in [0.29, 0.717) is 30.3 Å². The van der Waals surface area contributed by atoms with Crippen LogP contribution in [0.2, 0.25) is 0 Å². The van der Waals surface area contributed by atoms with Crippen LogP contribution in [0.1, 0.15) is 11.1 Å². The predicted octanol–water partition coefficient (Wildman–Crippen LogP) is 1.77. The van der Waals surface area contributed by atoms with Gasteiger partial charge < -0.3 is 18.9 Å². The van der Waals surface area contributed by atoms with Gasteiger partial charge in [-0.1, -0.05) is 0 Å². The summed E-state index contributed by atoms with van der Waals surface area (Å²) in [6, 6.07) is 3.48. The summed E-state index contributed by atoms with van der Waals surface area (Å²) in [6.45, 7) is 0.314. The second kappa shape index (κ2) is 8.24. The van der Waals surface area contributed by atoms with Crippen molar-refractivity contribution >= 4 is 5.97 Å². The standard InChI is InChI=1S/C17H22N2O5/c1-19-11-12(10-18-19)5-6-24-16(20)9-13-7-14(21-2)17(23-4)15(8-13)22-3/h7-8,10-11H,5-6,9H2,1-4H3. The molecule has 1 aromatic heterocycles. The van der Waals surface area contributed by atoms with Crippen molar-refractivity contribution in [3.63, 3.8) is 0 Å². The summed E-state index contributed by atoms with van der Waals surface area (Å²) in [5.74, 6) is 1.20. The minimum atomic E-state index is -0.312. The molecule has 2 aromatic rings. The fourth-order valence-electron chi connectivity index (χ4n) is 2.34. The largest absolute Gasteiger partial charge is 0.493 e. The molecule has 1 heterocycles. The Balaban J connectivity index is 1.95. The van der Waals surface area contributed by atoms with Crippen molar-refractivity contribution in [2.24, 2.45) is 7.05 Å². The Morgan fingerprint density at radius 1 is 1.08 bits per heavy atom. The van der Waals surface area contributed by atoms with Crippen LogP contribution in [0, 0.1) is 0 Å². The topological polar surface area (TPSA) is 71.8 Å². The van der Waals surface area contributed by atoms with Gasteiger partial charge in [-0.05, 0) is 23.3 Å². The van der Waals surface area contributed by atoms with Crippen LogP contribution < -0.4 is 14.2 Å². The van der Waals surface area contributed by atoms with Gasteiger partial charge >= 0.3 is 5.97 Å². The first-order valence-electron chi connectivity index (χ1n) is 7.49. The molecule has 0 aliphatic carbocycles. The van der Waals surface area contributed by atoms with Crippen LogP contribution in [0.15, 0.2) is 24.5 Å². The summed E-state index contributed by atoms with van der Waals surface area (Å²) in [5, 5.41) is 4.07. The second-order valence-corrected chi connectivity index (χ2v) is 5.20. The van der Waals surface area contributed by atoms with Gasteiger partial charge in [0.2, 0.25) is 5.75 Å². The van der Waals surface area contributed by atoms with Crippen LogP contribution in [0.4, 0.5) is 0 Å². The lowest BCUT2D eigenvalue weighted by Crippen LogP contribution is -2.11. The Labute approximate surface area is 141 Å². The lowest BCUT2D eigenvalue weighted by atomic mass is 10.1. The number of ether oxygens (including phenoxy) is 4. The van der Waals surface area contributed by atoms with Crippen molar-refractivity contribution in [2.75, 3.05) is 27.9 Å². The average Bonchev–Trinajstić information content (AvgIpc) is 2.99. The second-order valence-electron chi connectivity index (χ2n) is 5.20. The number of hydrogen-bond donors (Lipinski definition) is 0. The number of nitrogens with zero attached hydrogens (tertiary/aromatic N) is 2. The highest BCUT2D eigenvalue weighted by Crippen LogP contribution is 2.38. The lowest BCUT2D eigenvalue weighted by molar-refractivity contribution is -0.142. The maximum atomic E-state index is 12.0. The molecule has 0 bridgehead atoms. The summed E-state index contributed by atoms with van der Waals surface area (Å²) < 4.78 is 22.8. The van der Waals surface area contributed by atoms with E-state index in [-0.39, 0.29) is 12.4 Å². The first-order valence-corrected chi connectivity index (χ1v) is 7.49. The van der Waals surface area contributed by atoms with Gasteiger partial charge in [0.1, 0.15) is 0 Å². The van der Waals surface area contributed by atoms with Gasteiger partial charge in [-0.15, -0.1) is 0 Å². The fourth-order valence-corrected chi connectivity index (χ4v) is 2.34. The van der Waals surface area contributed by atoms with E-state index in [0.717, 1.165) is 11.1 Å². The van der Waals surface area contributed by atoms with Crippen molar-refractivity contribution in [1.82, 2.24) is 9.78 Å². The van der Waals surface area contributed by atoms with Crippen molar-refractivity contribution in [3.8, 4) is 17.2 Å². The lowest BCUT2D eigenvalue weighted by Gasteiger charge is -2.14. The number of carbonyl (C=O) groups excluding carboxylic acids is 1. The number of methoxy groups -OCH3 is 3. The van der Waals surface area contributed by atoms with E-state index < -0.39 is 0 Å². The van der Waals surface area contributed by atoms with Gasteiger partial charge in [-0.2, -0.15) is 5.10 Å². The van der Waals surface area contributed by atoms with Crippen molar-refractivity contribution in [1.29, 1.82) is 0 Å². The van der Waals surface area contributed by atoms with Crippen LogP contribution in [0.5, 0.6) is 17.2 Å². The number of benzene rings is 1. The number of aromatic nitrogens is 2. The van der Waals surface area contributed by atoms with E-state index in [4.69, 9.17) is 18.9 Å². The molecule has 0 unspecified atom stereocenters. The molecular formula is C17H22N2O5. The Kier molecular flexibility index (Phi) is 6.06. The Morgan fingerprint density at radius 3 is 2.25 bits per heavy atom. The zero-order valence-corrected chi connectivity index (χ0v) is 14.4. The molecule has 24 heavy (non-hydrogen) atoms. The zero-order chi connectivity index (χ0) is 17.5. The molecule has 0 fully saturated rings. The van der Waals surface area contributed by atoms with E-state index in [1.54, 1.807) is 23.0 Å². The van der Waals surface area contributed by atoms with E-state index in [9.17, 15) is 4.79 Å². The minimum absolute atomic E-state index is 0.129. The third-order valence-electron chi connectivity index (χ3n) is 3.49. The van der Waals surface area contributed by atoms with Gasteiger partial charge in [0, 0.05) is 19.7 Å². The highest BCUT2D eigenvalue weighted by Gasteiger charge is 2.15. The Hall–Kier alpha value is -2.70. The molecule has 2 rings (SSSR count). The molecule has 130 valence electrons. The van der Waals surface area contributed by atoms with E-state index in [1.165, 1.54) is 21.3 Å². The Bertz CT molecular complexity index is 671. The first-order chi connectivity index (χ1) is 11.6. The summed E-state index contributed by atoms with van der Waals surface area (Å²) in [7, 11) is 6.45. The molecule has 0 aliphatic rings. The van der Waals surface area contributed by atoms with Crippen LogP contribution in [0.25, 0.3) is 0 Å². The fraction of sp³-hybridized carbons (Fsp3) is 0.412. The molecule has 0 spiro atoms. The van der Waals surface area contributed by atoms with E-state index in [2.05, 4.69) is 5.10 Å². The minimum Gasteiger partial charge on any atom is -0.493 e. The van der Waals surface area contributed by atoms with Gasteiger partial charge in [-0.3, -0.25) is 9.48 Å². The molecular weight excluding hydrogens is 312 g/mol. The number of carbonyl (C=O) groups is 1. The molecule has 0 N–H and O–H groups in total. The summed E-state index contributed by atoms with van der Waals surface area (Å²) >= 11 is 0. The SMILES string of the molecule is COc1cc(CC(=O)OCCc2cnn(C)c2)cc(OC)c1OC. The third-order valence-corrected chi connectivity index (χ3v) is 3.49. The molecule has 0 saturated carbocycles. The van der Waals surface area contributed by atoms with Crippen molar-refractivity contribution in [3.05, 3.63) is 35.7 Å². The maximum Gasteiger partial charge on any atom is 0.310 e. The van der Waals surface area contributed by atoms with Gasteiger partial charge in [-0.25, -0.2) is 0 Å². The number of hydrogen-bond acceptors (Lipinski definition) is 6. The summed E-state index contributed by atoms with van der Waals surface area (Å²) in [5.41, 5.74) is 1.76. The third kappa shape index (κ3) is 4.41. The van der Waals surface area contributed by atoms with Gasteiger partial charge in [0.15, 0.2) is 11.5 Å². The molecule has 0 radical (unpaired) electrons. The van der Waals surface area contributed by atoms with E-state index in [1.807, 2.05) is 13.2 Å². The average molecular weight is 334 g/mol. The molecule has 0 amide bonds. The molecule has 0 saturated heterocycles. The van der Waals surface area contributed by atoms with Crippen LogP contribution >= 0.6 is 0 Å². The first kappa shape index (κ1) is 17.7. The maximum absolute atomic E-state index is 12.0. The predicted molar refractivity (Wildman–Crippen MR) is 87.7 cm³/mol. The molecule has 1 aromatic carbocycles. The quantitative estimate of drug-likeness (QED) is 0.685. The van der Waals surface area contributed by atoms with Crippen molar-refractivity contribution in [2.45, 2.75) is 12.8 Å². The van der Waals surface area contributed by atoms with Crippen LogP contribution in [-0.2, 0) is 29.4 Å². The number of esters is 1. The Morgan fingerprint density at radius 2 is 1.75 bits per heavy atom. The highest BCUT2D eigenvalue weighted by molar-refractivity contribution is 5.73.